The van der Waals surface area contributed by atoms with Gasteiger partial charge in [0.05, 0.1) is 0 Å². The normalized spacial score (nSPS) is 15.8. The van der Waals surface area contributed by atoms with Crippen molar-refractivity contribution in [1.29, 1.82) is 0 Å². The SMILES string of the molecule is [B]c1cc(C2=C(C)C=C(C)C2)ccc1C. The van der Waals surface area contributed by atoms with Gasteiger partial charge in [-0.05, 0) is 43.9 Å². The molecule has 0 atom stereocenters. The molecule has 0 heterocycles. The maximum absolute atomic E-state index is 5.93. The Morgan fingerprint density at radius 2 is 1.87 bits per heavy atom. The summed E-state index contributed by atoms with van der Waals surface area (Å²) in [6.45, 7) is 6.38. The van der Waals surface area contributed by atoms with Gasteiger partial charge >= 0.3 is 0 Å². The van der Waals surface area contributed by atoms with Crippen LogP contribution < -0.4 is 5.46 Å². The smallest absolute Gasteiger partial charge is 0.0932 e. The van der Waals surface area contributed by atoms with E-state index in [1.165, 1.54) is 22.3 Å². The summed E-state index contributed by atoms with van der Waals surface area (Å²) in [5, 5.41) is 0. The van der Waals surface area contributed by atoms with Crippen LogP contribution in [0, 0.1) is 6.92 Å². The summed E-state index contributed by atoms with van der Waals surface area (Å²) in [5.74, 6) is 0. The van der Waals surface area contributed by atoms with E-state index >= 15 is 0 Å². The largest absolute Gasteiger partial charge is 0.114 e. The molecule has 0 aromatic heterocycles. The molecular weight excluding hydrogens is 179 g/mol. The van der Waals surface area contributed by atoms with Crippen LogP contribution in [0.5, 0.6) is 0 Å². The molecule has 1 aromatic carbocycles. The third kappa shape index (κ3) is 1.92. The Labute approximate surface area is 93.1 Å². The quantitative estimate of drug-likeness (QED) is 0.603. The first-order valence-electron chi connectivity index (χ1n) is 5.31. The highest BCUT2D eigenvalue weighted by Crippen LogP contribution is 2.32. The molecule has 0 saturated heterocycles. The van der Waals surface area contributed by atoms with Gasteiger partial charge in [0.15, 0.2) is 0 Å². The van der Waals surface area contributed by atoms with Gasteiger partial charge in [-0.3, -0.25) is 0 Å². The summed E-state index contributed by atoms with van der Waals surface area (Å²) in [4.78, 5) is 0. The highest BCUT2D eigenvalue weighted by Gasteiger charge is 2.12. The van der Waals surface area contributed by atoms with Crippen LogP contribution in [-0.4, -0.2) is 7.85 Å². The summed E-state index contributed by atoms with van der Waals surface area (Å²) in [6, 6.07) is 6.34. The van der Waals surface area contributed by atoms with Gasteiger partial charge in [0, 0.05) is 0 Å². The molecule has 15 heavy (non-hydrogen) atoms. The van der Waals surface area contributed by atoms with Crippen molar-refractivity contribution in [3.05, 3.63) is 46.5 Å². The van der Waals surface area contributed by atoms with Gasteiger partial charge in [0.2, 0.25) is 0 Å². The van der Waals surface area contributed by atoms with Crippen molar-refractivity contribution >= 4 is 18.9 Å². The van der Waals surface area contributed by atoms with Gasteiger partial charge in [-0.25, -0.2) is 0 Å². The fraction of sp³-hybridized carbons (Fsp3) is 0.286. The molecule has 0 bridgehead atoms. The summed E-state index contributed by atoms with van der Waals surface area (Å²) < 4.78 is 0. The molecular formula is C14H15B. The first-order valence-corrected chi connectivity index (χ1v) is 5.31. The first kappa shape index (κ1) is 10.3. The zero-order chi connectivity index (χ0) is 11.0. The third-order valence-corrected chi connectivity index (χ3v) is 3.02. The van der Waals surface area contributed by atoms with E-state index in [9.17, 15) is 0 Å². The van der Waals surface area contributed by atoms with Crippen LogP contribution in [0.3, 0.4) is 0 Å². The second-order valence-corrected chi connectivity index (χ2v) is 4.40. The minimum Gasteiger partial charge on any atom is -0.0932 e. The highest BCUT2D eigenvalue weighted by molar-refractivity contribution is 6.33. The monoisotopic (exact) mass is 194 g/mol. The molecule has 0 fully saturated rings. The van der Waals surface area contributed by atoms with Gasteiger partial charge in [-0.1, -0.05) is 40.9 Å². The van der Waals surface area contributed by atoms with Crippen LogP contribution >= 0.6 is 0 Å². The Bertz CT molecular complexity index is 464. The molecule has 74 valence electrons. The average Bonchev–Trinajstić information content (AvgIpc) is 2.50. The van der Waals surface area contributed by atoms with Gasteiger partial charge in [-0.15, -0.1) is 0 Å². The lowest BCUT2D eigenvalue weighted by Gasteiger charge is -2.08. The van der Waals surface area contributed by atoms with E-state index in [1.54, 1.807) is 0 Å². The highest BCUT2D eigenvalue weighted by atomic mass is 14.2. The maximum Gasteiger partial charge on any atom is 0.114 e. The zero-order valence-corrected chi connectivity index (χ0v) is 9.59. The number of rotatable bonds is 1. The first-order chi connectivity index (χ1) is 7.08. The van der Waals surface area contributed by atoms with Gasteiger partial charge in [0.1, 0.15) is 7.85 Å². The summed E-state index contributed by atoms with van der Waals surface area (Å²) in [7, 11) is 5.93. The van der Waals surface area contributed by atoms with E-state index in [2.05, 4.69) is 38.1 Å². The molecule has 2 rings (SSSR count). The van der Waals surface area contributed by atoms with Crippen LogP contribution in [-0.2, 0) is 0 Å². The standard InChI is InChI=1S/C14H15B/c1-9-6-11(3)13(7-9)12-5-4-10(2)14(15)8-12/h4-6,8H,7H2,1-3H3. The Hall–Kier alpha value is -1.24. The van der Waals surface area contributed by atoms with E-state index in [4.69, 9.17) is 7.85 Å². The number of allylic oxidation sites excluding steroid dienone is 4. The average molecular weight is 194 g/mol. The molecule has 1 aliphatic carbocycles. The van der Waals surface area contributed by atoms with E-state index in [-0.39, 0.29) is 0 Å². The third-order valence-electron chi connectivity index (χ3n) is 3.02. The zero-order valence-electron chi connectivity index (χ0n) is 9.59. The van der Waals surface area contributed by atoms with Crippen molar-refractivity contribution in [2.75, 3.05) is 0 Å². The number of hydrogen-bond donors (Lipinski definition) is 0. The van der Waals surface area contributed by atoms with Crippen molar-refractivity contribution in [3.63, 3.8) is 0 Å². The molecule has 0 saturated carbocycles. The van der Waals surface area contributed by atoms with Crippen molar-refractivity contribution in [2.24, 2.45) is 0 Å². The number of hydrogen-bond acceptors (Lipinski definition) is 0. The van der Waals surface area contributed by atoms with Crippen molar-refractivity contribution in [2.45, 2.75) is 27.2 Å². The Morgan fingerprint density at radius 1 is 1.13 bits per heavy atom. The molecule has 0 unspecified atom stereocenters. The molecule has 0 spiro atoms. The van der Waals surface area contributed by atoms with E-state index < -0.39 is 0 Å². The molecule has 1 aliphatic rings. The number of aryl methyl sites for hydroxylation is 1. The fourth-order valence-corrected chi connectivity index (χ4v) is 2.08. The second-order valence-electron chi connectivity index (χ2n) is 4.40. The van der Waals surface area contributed by atoms with Crippen LogP contribution in [0.4, 0.5) is 0 Å². The molecule has 0 amide bonds. The molecule has 1 heteroatoms. The topological polar surface area (TPSA) is 0 Å². The van der Waals surface area contributed by atoms with E-state index in [0.717, 1.165) is 17.4 Å². The summed E-state index contributed by atoms with van der Waals surface area (Å²) in [5.41, 5.74) is 7.53. The second kappa shape index (κ2) is 3.73. The van der Waals surface area contributed by atoms with Crippen LogP contribution in [0.2, 0.25) is 0 Å². The van der Waals surface area contributed by atoms with Crippen LogP contribution in [0.15, 0.2) is 35.4 Å². The van der Waals surface area contributed by atoms with Crippen LogP contribution in [0.1, 0.15) is 31.4 Å². The molecule has 1 aromatic rings. The minimum atomic E-state index is 0.886. The Balaban J connectivity index is 2.41. The van der Waals surface area contributed by atoms with Crippen molar-refractivity contribution in [3.8, 4) is 0 Å². The van der Waals surface area contributed by atoms with Gasteiger partial charge in [0.25, 0.3) is 0 Å². The predicted molar refractivity (Wildman–Crippen MR) is 67.5 cm³/mol. The van der Waals surface area contributed by atoms with Gasteiger partial charge in [-0.2, -0.15) is 0 Å². The minimum absolute atomic E-state index is 0.886. The molecule has 0 N–H and O–H groups in total. The number of benzene rings is 1. The fourth-order valence-electron chi connectivity index (χ4n) is 2.08. The van der Waals surface area contributed by atoms with E-state index in [0.29, 0.717) is 0 Å². The van der Waals surface area contributed by atoms with Crippen molar-refractivity contribution in [1.82, 2.24) is 0 Å². The lowest BCUT2D eigenvalue weighted by Crippen LogP contribution is -2.07. The lowest BCUT2D eigenvalue weighted by atomic mass is 9.87. The summed E-state index contributed by atoms with van der Waals surface area (Å²) in [6.07, 6.45) is 3.32. The molecule has 2 radical (unpaired) electrons. The van der Waals surface area contributed by atoms with E-state index in [1.807, 2.05) is 6.92 Å². The van der Waals surface area contributed by atoms with Gasteiger partial charge < -0.3 is 0 Å². The summed E-state index contributed by atoms with van der Waals surface area (Å²) >= 11 is 0. The predicted octanol–water partition coefficient (Wildman–Crippen LogP) is 2.91. The van der Waals surface area contributed by atoms with Crippen LogP contribution in [0.25, 0.3) is 5.57 Å². The Kier molecular flexibility index (Phi) is 2.56. The molecule has 0 nitrogen and oxygen atoms in total. The Morgan fingerprint density at radius 3 is 2.40 bits per heavy atom. The maximum atomic E-state index is 5.93. The van der Waals surface area contributed by atoms with Crippen molar-refractivity contribution < 1.29 is 0 Å². The molecule has 0 aliphatic heterocycles. The lowest BCUT2D eigenvalue weighted by molar-refractivity contribution is 1.26.